The Balaban J connectivity index is 1.96. The Morgan fingerprint density at radius 2 is 2.00 bits per heavy atom. The maximum Gasteiger partial charge on any atom is 0.263 e. The summed E-state index contributed by atoms with van der Waals surface area (Å²) in [7, 11) is -4.11. The van der Waals surface area contributed by atoms with Crippen molar-refractivity contribution in [3.63, 3.8) is 0 Å². The minimum Gasteiger partial charge on any atom is -0.378 e. The zero-order valence-corrected chi connectivity index (χ0v) is 17.1. The fourth-order valence-corrected chi connectivity index (χ4v) is 5.31. The largest absolute Gasteiger partial charge is 0.378 e. The van der Waals surface area contributed by atoms with Crippen LogP contribution in [-0.2, 0) is 19.7 Å². The number of hydrogen-bond acceptors (Lipinski definition) is 7. The number of allylic oxidation sites excluding steroid dienone is 4. The number of nitrogens with zero attached hydrogens (tertiary/aromatic N) is 2. The summed E-state index contributed by atoms with van der Waals surface area (Å²) in [6, 6.07) is 5.51. The molecular formula is C16H18FIN4O4S. The van der Waals surface area contributed by atoms with Crippen molar-refractivity contribution in [3.8, 4) is 0 Å². The zero-order chi connectivity index (χ0) is 19.4. The average Bonchev–Trinajstić information content (AvgIpc) is 2.66. The lowest BCUT2D eigenvalue weighted by molar-refractivity contribution is 0.0534. The molecule has 0 spiro atoms. The Kier molecular flexibility index (Phi) is 6.34. The van der Waals surface area contributed by atoms with Crippen LogP contribution in [0.5, 0.6) is 0 Å². The second-order valence-corrected chi connectivity index (χ2v) is 8.65. The van der Waals surface area contributed by atoms with Gasteiger partial charge in [-0.25, -0.2) is 12.8 Å². The van der Waals surface area contributed by atoms with Gasteiger partial charge in [-0.3, -0.25) is 4.72 Å². The third-order valence-electron chi connectivity index (χ3n) is 4.09. The van der Waals surface area contributed by atoms with E-state index in [-0.39, 0.29) is 16.3 Å². The minimum atomic E-state index is -4.11. The summed E-state index contributed by atoms with van der Waals surface area (Å²) in [6.07, 6.45) is 3.13. The number of morpholine rings is 1. The number of benzene rings is 1. The van der Waals surface area contributed by atoms with Crippen LogP contribution in [0, 0.1) is 5.82 Å². The summed E-state index contributed by atoms with van der Waals surface area (Å²) in [5.41, 5.74) is 0.852. The smallest absolute Gasteiger partial charge is 0.263 e. The quantitative estimate of drug-likeness (QED) is 0.357. The molecule has 3 rings (SSSR count). The third-order valence-corrected chi connectivity index (χ3v) is 6.73. The summed E-state index contributed by atoms with van der Waals surface area (Å²) < 4.78 is 46.7. The Morgan fingerprint density at radius 3 is 2.67 bits per heavy atom. The first-order valence-electron chi connectivity index (χ1n) is 8.04. The molecule has 1 aliphatic heterocycles. The van der Waals surface area contributed by atoms with E-state index >= 15 is 0 Å². The van der Waals surface area contributed by atoms with Gasteiger partial charge in [0.2, 0.25) is 0 Å². The predicted molar refractivity (Wildman–Crippen MR) is 108 cm³/mol. The summed E-state index contributed by atoms with van der Waals surface area (Å²) in [6.45, 7) is 2.55. The molecule has 11 heteroatoms. The van der Waals surface area contributed by atoms with Gasteiger partial charge < -0.3 is 14.6 Å². The molecule has 0 aromatic heterocycles. The van der Waals surface area contributed by atoms with Gasteiger partial charge in [0.15, 0.2) is 0 Å². The van der Waals surface area contributed by atoms with Crippen LogP contribution in [0.15, 0.2) is 52.2 Å². The monoisotopic (exact) mass is 508 g/mol. The van der Waals surface area contributed by atoms with Crippen molar-refractivity contribution < 1.29 is 22.5 Å². The van der Waals surface area contributed by atoms with E-state index in [0.29, 0.717) is 26.3 Å². The van der Waals surface area contributed by atoms with Gasteiger partial charge >= 0.3 is 0 Å². The molecule has 1 heterocycles. The van der Waals surface area contributed by atoms with Crippen LogP contribution >= 0.6 is 22.6 Å². The van der Waals surface area contributed by atoms with Gasteiger partial charge in [-0.2, -0.15) is 0 Å². The number of hydrogen-bond donors (Lipinski definition) is 2. The lowest BCUT2D eigenvalue weighted by Gasteiger charge is -2.35. The standard InChI is InChI=1S/C16H18FIN4O4S/c17-11-3-1-2-4-12(11)21-27(23,24)14-6-5-13(15(18)16(14)20-26-19)22-7-9-25-10-8-22/h1-6,15,21H,7-10,19H2/b20-16-. The first kappa shape index (κ1) is 20.0. The van der Waals surface area contributed by atoms with Gasteiger partial charge in [0, 0.05) is 18.8 Å². The number of nitrogens with two attached hydrogens (primary N) is 1. The number of para-hydroxylation sites is 1. The molecule has 1 fully saturated rings. The third kappa shape index (κ3) is 4.42. The van der Waals surface area contributed by atoms with Gasteiger partial charge in [0.05, 0.1) is 22.8 Å². The molecular weight excluding hydrogens is 490 g/mol. The van der Waals surface area contributed by atoms with Crippen molar-refractivity contribution in [2.45, 2.75) is 3.92 Å². The number of oxime groups is 1. The maximum atomic E-state index is 13.9. The molecule has 1 atom stereocenters. The van der Waals surface area contributed by atoms with Crippen molar-refractivity contribution in [1.29, 1.82) is 0 Å². The highest BCUT2D eigenvalue weighted by molar-refractivity contribution is 14.1. The highest BCUT2D eigenvalue weighted by atomic mass is 127. The van der Waals surface area contributed by atoms with Crippen molar-refractivity contribution in [2.24, 2.45) is 11.1 Å². The van der Waals surface area contributed by atoms with E-state index in [1.54, 1.807) is 6.08 Å². The summed E-state index contributed by atoms with van der Waals surface area (Å²) in [5, 5.41) is 3.73. The molecule has 1 saturated heterocycles. The van der Waals surface area contributed by atoms with Crippen LogP contribution in [0.2, 0.25) is 0 Å². The molecule has 146 valence electrons. The summed E-state index contributed by atoms with van der Waals surface area (Å²) in [5.74, 6) is 4.40. The highest BCUT2D eigenvalue weighted by Crippen LogP contribution is 2.31. The van der Waals surface area contributed by atoms with Crippen molar-refractivity contribution in [1.82, 2.24) is 4.90 Å². The first-order valence-corrected chi connectivity index (χ1v) is 10.8. The minimum absolute atomic E-state index is 0.130. The Labute approximate surface area is 170 Å². The Bertz CT molecular complexity index is 897. The number of anilines is 1. The van der Waals surface area contributed by atoms with Gasteiger partial charge in [0.25, 0.3) is 10.0 Å². The van der Waals surface area contributed by atoms with E-state index in [1.807, 2.05) is 0 Å². The maximum absolute atomic E-state index is 13.9. The second kappa shape index (κ2) is 8.54. The molecule has 1 unspecified atom stereocenters. The second-order valence-electron chi connectivity index (χ2n) is 5.75. The topological polar surface area (TPSA) is 106 Å². The zero-order valence-electron chi connectivity index (χ0n) is 14.1. The lowest BCUT2D eigenvalue weighted by Crippen LogP contribution is -2.42. The molecule has 2 aliphatic rings. The average molecular weight is 508 g/mol. The van der Waals surface area contributed by atoms with Gasteiger partial charge in [0.1, 0.15) is 16.4 Å². The summed E-state index contributed by atoms with van der Waals surface area (Å²) >= 11 is 2.08. The van der Waals surface area contributed by atoms with Crippen molar-refractivity contribution >= 4 is 44.0 Å². The van der Waals surface area contributed by atoms with Crippen LogP contribution in [0.25, 0.3) is 0 Å². The Hall–Kier alpha value is -1.70. The number of halogens is 2. The molecule has 1 aromatic carbocycles. The molecule has 3 N–H and O–H groups in total. The fourth-order valence-electron chi connectivity index (χ4n) is 2.80. The van der Waals surface area contributed by atoms with E-state index in [0.717, 1.165) is 5.70 Å². The molecule has 8 nitrogen and oxygen atoms in total. The highest BCUT2D eigenvalue weighted by Gasteiger charge is 2.35. The number of rotatable bonds is 5. The van der Waals surface area contributed by atoms with Crippen LogP contribution < -0.4 is 10.6 Å². The molecule has 0 radical (unpaired) electrons. The van der Waals surface area contributed by atoms with Crippen LogP contribution in [0.3, 0.4) is 0 Å². The number of sulfonamides is 1. The molecule has 0 bridgehead atoms. The molecule has 27 heavy (non-hydrogen) atoms. The molecule has 0 saturated carbocycles. The fraction of sp³-hybridized carbons (Fsp3) is 0.312. The normalized spacial score (nSPS) is 22.3. The number of alkyl halides is 1. The first-order chi connectivity index (χ1) is 12.9. The van der Waals surface area contributed by atoms with E-state index in [9.17, 15) is 12.8 Å². The number of nitrogens with one attached hydrogen (secondary N) is 1. The van der Waals surface area contributed by atoms with Crippen LogP contribution in [0.1, 0.15) is 0 Å². The van der Waals surface area contributed by atoms with Crippen molar-refractivity contribution in [3.05, 3.63) is 52.8 Å². The van der Waals surface area contributed by atoms with Gasteiger partial charge in [-0.15, -0.1) is 5.90 Å². The van der Waals surface area contributed by atoms with Crippen LogP contribution in [-0.4, -0.2) is 49.3 Å². The van der Waals surface area contributed by atoms with Crippen molar-refractivity contribution in [2.75, 3.05) is 31.0 Å². The van der Waals surface area contributed by atoms with E-state index < -0.39 is 19.8 Å². The molecule has 1 aromatic rings. The Morgan fingerprint density at radius 1 is 1.30 bits per heavy atom. The van der Waals surface area contributed by atoms with E-state index in [1.165, 1.54) is 30.3 Å². The van der Waals surface area contributed by atoms with E-state index in [2.05, 4.69) is 42.3 Å². The summed E-state index contributed by atoms with van der Waals surface area (Å²) in [4.78, 5) is 6.35. The lowest BCUT2D eigenvalue weighted by atomic mass is 10.1. The molecule has 1 aliphatic carbocycles. The van der Waals surface area contributed by atoms with E-state index in [4.69, 9.17) is 10.6 Å². The SMILES string of the molecule is NO/N=C1/C(S(=O)(=O)Nc2ccccc2F)=CC=C(N2CCOCC2)C1I. The van der Waals surface area contributed by atoms with Crippen LogP contribution in [0.4, 0.5) is 10.1 Å². The molecule has 0 amide bonds. The predicted octanol–water partition coefficient (Wildman–Crippen LogP) is 1.73. The van der Waals surface area contributed by atoms with Gasteiger partial charge in [-0.05, 0) is 24.3 Å². The van der Waals surface area contributed by atoms with Gasteiger partial charge in [-0.1, -0.05) is 39.9 Å². The number of ether oxygens (including phenoxy) is 1.